The molecule has 1 aromatic carbocycles. The van der Waals surface area contributed by atoms with E-state index < -0.39 is 0 Å². The van der Waals surface area contributed by atoms with Crippen molar-refractivity contribution >= 4 is 11.8 Å². The van der Waals surface area contributed by atoms with Crippen LogP contribution < -0.4 is 10.9 Å². The average molecular weight is 248 g/mol. The Morgan fingerprint density at radius 3 is 2.50 bits per heavy atom. The highest BCUT2D eigenvalue weighted by Gasteiger charge is 2.08. The lowest BCUT2D eigenvalue weighted by atomic mass is 10.1. The molecule has 0 aliphatic carbocycles. The zero-order chi connectivity index (χ0) is 13.4. The normalized spacial score (nSPS) is 9.89. The minimum Gasteiger partial charge on any atom is -0.273 e. The predicted octanol–water partition coefficient (Wildman–Crippen LogP) is 2.34. The van der Waals surface area contributed by atoms with E-state index in [1.165, 1.54) is 0 Å². The summed E-state index contributed by atoms with van der Waals surface area (Å²) in [6.45, 7) is 3.94. The highest BCUT2D eigenvalue weighted by molar-refractivity contribution is 5.96. The molecule has 0 bridgehead atoms. The van der Waals surface area contributed by atoms with Crippen LogP contribution in [0.15, 0.2) is 24.3 Å². The lowest BCUT2D eigenvalue weighted by molar-refractivity contribution is -0.121. The van der Waals surface area contributed by atoms with Gasteiger partial charge in [0.15, 0.2) is 0 Å². The number of nitrogens with one attached hydrogen (secondary N) is 2. The van der Waals surface area contributed by atoms with Crippen LogP contribution in [0.3, 0.4) is 0 Å². The van der Waals surface area contributed by atoms with Gasteiger partial charge in [-0.15, -0.1) is 0 Å². The summed E-state index contributed by atoms with van der Waals surface area (Å²) in [5.41, 5.74) is 6.32. The molecule has 98 valence electrons. The molecule has 0 fully saturated rings. The maximum absolute atomic E-state index is 11.8. The number of hydrogen-bond donors (Lipinski definition) is 2. The second-order valence-electron chi connectivity index (χ2n) is 4.27. The van der Waals surface area contributed by atoms with Crippen molar-refractivity contribution in [2.45, 2.75) is 39.5 Å². The maximum Gasteiger partial charge on any atom is 0.269 e. The van der Waals surface area contributed by atoms with Gasteiger partial charge in [0.1, 0.15) is 0 Å². The first-order valence-corrected chi connectivity index (χ1v) is 6.30. The zero-order valence-corrected chi connectivity index (χ0v) is 11.0. The zero-order valence-electron chi connectivity index (χ0n) is 11.0. The summed E-state index contributed by atoms with van der Waals surface area (Å²) in [5.74, 6) is -0.428. The summed E-state index contributed by atoms with van der Waals surface area (Å²) in [4.78, 5) is 23.2. The smallest absolute Gasteiger partial charge is 0.269 e. The van der Waals surface area contributed by atoms with E-state index in [1.807, 2.05) is 19.1 Å². The van der Waals surface area contributed by atoms with Gasteiger partial charge >= 0.3 is 0 Å². The minimum atomic E-state index is -0.281. The monoisotopic (exact) mass is 248 g/mol. The number of rotatable bonds is 5. The van der Waals surface area contributed by atoms with Gasteiger partial charge in [0.25, 0.3) is 5.91 Å². The molecule has 0 aliphatic rings. The first kappa shape index (κ1) is 14.2. The molecule has 0 atom stereocenters. The predicted molar refractivity (Wildman–Crippen MR) is 70.9 cm³/mol. The highest BCUT2D eigenvalue weighted by Crippen LogP contribution is 2.05. The van der Waals surface area contributed by atoms with Gasteiger partial charge in [-0.05, 0) is 25.0 Å². The Kier molecular flexibility index (Phi) is 5.91. The highest BCUT2D eigenvalue weighted by atomic mass is 16.2. The molecule has 0 heterocycles. The van der Waals surface area contributed by atoms with Gasteiger partial charge in [-0.25, -0.2) is 0 Å². The van der Waals surface area contributed by atoms with Crippen LogP contribution in [0.4, 0.5) is 0 Å². The molecule has 0 aromatic heterocycles. The van der Waals surface area contributed by atoms with Crippen molar-refractivity contribution in [1.29, 1.82) is 0 Å². The molecule has 0 aliphatic heterocycles. The largest absolute Gasteiger partial charge is 0.273 e. The Labute approximate surface area is 108 Å². The lowest BCUT2D eigenvalue weighted by Crippen LogP contribution is -2.41. The van der Waals surface area contributed by atoms with Crippen molar-refractivity contribution in [3.8, 4) is 0 Å². The quantitative estimate of drug-likeness (QED) is 0.620. The van der Waals surface area contributed by atoms with Crippen molar-refractivity contribution in [3.05, 3.63) is 35.4 Å². The fraction of sp³-hybridized carbons (Fsp3) is 0.429. The Morgan fingerprint density at radius 2 is 1.83 bits per heavy atom. The van der Waals surface area contributed by atoms with Gasteiger partial charge < -0.3 is 0 Å². The molecule has 0 saturated heterocycles. The number of carbonyl (C=O) groups excluding carboxylic acids is 2. The van der Waals surface area contributed by atoms with Crippen LogP contribution >= 0.6 is 0 Å². The van der Waals surface area contributed by atoms with Crippen LogP contribution in [-0.4, -0.2) is 11.8 Å². The SMILES string of the molecule is CCCCCC(=O)NNC(=O)c1ccccc1C. The van der Waals surface area contributed by atoms with E-state index in [9.17, 15) is 9.59 Å². The first-order chi connectivity index (χ1) is 8.65. The number of carbonyl (C=O) groups is 2. The van der Waals surface area contributed by atoms with Crippen LogP contribution in [0.5, 0.6) is 0 Å². The fourth-order valence-corrected chi connectivity index (χ4v) is 1.62. The first-order valence-electron chi connectivity index (χ1n) is 6.30. The van der Waals surface area contributed by atoms with Gasteiger partial charge in [-0.2, -0.15) is 0 Å². The van der Waals surface area contributed by atoms with Gasteiger partial charge in [0.2, 0.25) is 5.91 Å². The molecule has 4 heteroatoms. The molecular formula is C14H20N2O2. The van der Waals surface area contributed by atoms with E-state index in [4.69, 9.17) is 0 Å². The molecule has 0 saturated carbocycles. The summed E-state index contributed by atoms with van der Waals surface area (Å²) < 4.78 is 0. The van der Waals surface area contributed by atoms with Crippen LogP contribution in [-0.2, 0) is 4.79 Å². The van der Waals surface area contributed by atoms with E-state index in [0.29, 0.717) is 12.0 Å². The Morgan fingerprint density at radius 1 is 1.11 bits per heavy atom. The molecule has 1 aromatic rings. The third-order valence-corrected chi connectivity index (χ3v) is 2.71. The Hall–Kier alpha value is -1.84. The molecule has 0 radical (unpaired) electrons. The van der Waals surface area contributed by atoms with Crippen molar-refractivity contribution in [3.63, 3.8) is 0 Å². The van der Waals surface area contributed by atoms with Crippen LogP contribution in [0, 0.1) is 6.92 Å². The number of hydrogen-bond acceptors (Lipinski definition) is 2. The molecule has 2 amide bonds. The molecule has 0 spiro atoms. The molecular weight excluding hydrogens is 228 g/mol. The molecule has 2 N–H and O–H groups in total. The van der Waals surface area contributed by atoms with Crippen LogP contribution in [0.2, 0.25) is 0 Å². The number of benzene rings is 1. The van der Waals surface area contributed by atoms with E-state index in [2.05, 4.69) is 17.8 Å². The fourth-order valence-electron chi connectivity index (χ4n) is 1.62. The van der Waals surface area contributed by atoms with Gasteiger partial charge in [-0.3, -0.25) is 20.4 Å². The maximum atomic E-state index is 11.8. The summed E-state index contributed by atoms with van der Waals surface area (Å²) in [6, 6.07) is 7.26. The molecule has 1 rings (SSSR count). The van der Waals surface area contributed by atoms with E-state index in [-0.39, 0.29) is 11.8 Å². The van der Waals surface area contributed by atoms with Crippen LogP contribution in [0.1, 0.15) is 48.5 Å². The Balaban J connectivity index is 2.38. The molecule has 4 nitrogen and oxygen atoms in total. The molecule has 18 heavy (non-hydrogen) atoms. The van der Waals surface area contributed by atoms with Crippen molar-refractivity contribution in [2.24, 2.45) is 0 Å². The second-order valence-corrected chi connectivity index (χ2v) is 4.27. The third-order valence-electron chi connectivity index (χ3n) is 2.71. The van der Waals surface area contributed by atoms with Crippen molar-refractivity contribution in [2.75, 3.05) is 0 Å². The van der Waals surface area contributed by atoms with Gasteiger partial charge in [0.05, 0.1) is 0 Å². The average Bonchev–Trinajstić information content (AvgIpc) is 2.37. The molecule has 0 unspecified atom stereocenters. The second kappa shape index (κ2) is 7.48. The summed E-state index contributed by atoms with van der Waals surface area (Å²) in [5, 5.41) is 0. The lowest BCUT2D eigenvalue weighted by Gasteiger charge is -2.08. The van der Waals surface area contributed by atoms with Crippen LogP contribution in [0.25, 0.3) is 0 Å². The Bertz CT molecular complexity index is 416. The van der Waals surface area contributed by atoms with E-state index in [1.54, 1.807) is 12.1 Å². The number of aryl methyl sites for hydroxylation is 1. The standard InChI is InChI=1S/C14H20N2O2/c1-3-4-5-10-13(17)15-16-14(18)12-9-7-6-8-11(12)2/h6-9H,3-5,10H2,1-2H3,(H,15,17)(H,16,18). The number of unbranched alkanes of at least 4 members (excludes halogenated alkanes) is 2. The summed E-state index contributed by atoms with van der Waals surface area (Å²) >= 11 is 0. The van der Waals surface area contributed by atoms with E-state index >= 15 is 0 Å². The van der Waals surface area contributed by atoms with Crippen molar-refractivity contribution in [1.82, 2.24) is 10.9 Å². The number of amides is 2. The van der Waals surface area contributed by atoms with Gasteiger partial charge in [-0.1, -0.05) is 38.0 Å². The summed E-state index contributed by atoms with van der Waals surface area (Å²) in [6.07, 6.45) is 3.40. The topological polar surface area (TPSA) is 58.2 Å². The van der Waals surface area contributed by atoms with Crippen molar-refractivity contribution < 1.29 is 9.59 Å². The van der Waals surface area contributed by atoms with E-state index in [0.717, 1.165) is 24.8 Å². The third kappa shape index (κ3) is 4.57. The summed E-state index contributed by atoms with van der Waals surface area (Å²) in [7, 11) is 0. The minimum absolute atomic E-state index is 0.148. The van der Waals surface area contributed by atoms with Gasteiger partial charge in [0, 0.05) is 12.0 Å². The number of hydrazine groups is 1.